The van der Waals surface area contributed by atoms with E-state index in [0.717, 1.165) is 50.5 Å². The average molecular weight is 275 g/mol. The molecule has 2 saturated heterocycles. The Morgan fingerprint density at radius 3 is 2.65 bits per heavy atom. The van der Waals surface area contributed by atoms with Gasteiger partial charge in [-0.1, -0.05) is 12.1 Å². The van der Waals surface area contributed by atoms with E-state index >= 15 is 0 Å². The number of morpholine rings is 1. The van der Waals surface area contributed by atoms with Crippen molar-refractivity contribution < 1.29 is 9.53 Å². The van der Waals surface area contributed by atoms with Crippen LogP contribution in [0, 0.1) is 0 Å². The minimum Gasteiger partial charge on any atom is -0.378 e. The molecule has 2 N–H and O–H groups in total. The number of amides is 1. The van der Waals surface area contributed by atoms with Gasteiger partial charge in [0.2, 0.25) is 0 Å². The standard InChI is InChI=1S/C15H21N3O2/c16-12-5-6-18(11-12)15(19)13-3-1-2-4-14(13)17-7-9-20-10-8-17/h1-4,12H,5-11,16H2/t12-/m0/s1. The zero-order valence-electron chi connectivity index (χ0n) is 11.6. The zero-order valence-corrected chi connectivity index (χ0v) is 11.6. The fraction of sp³-hybridized carbons (Fsp3) is 0.533. The summed E-state index contributed by atoms with van der Waals surface area (Å²) in [5.74, 6) is 0.0973. The lowest BCUT2D eigenvalue weighted by Gasteiger charge is -2.31. The third kappa shape index (κ3) is 2.64. The van der Waals surface area contributed by atoms with Crippen LogP contribution in [-0.2, 0) is 4.74 Å². The van der Waals surface area contributed by atoms with Crippen LogP contribution in [0.3, 0.4) is 0 Å². The van der Waals surface area contributed by atoms with E-state index in [0.29, 0.717) is 6.54 Å². The van der Waals surface area contributed by atoms with Gasteiger partial charge in [-0.05, 0) is 18.6 Å². The summed E-state index contributed by atoms with van der Waals surface area (Å²) in [5, 5.41) is 0. The lowest BCUT2D eigenvalue weighted by molar-refractivity contribution is 0.0790. The zero-order chi connectivity index (χ0) is 13.9. The van der Waals surface area contributed by atoms with Gasteiger partial charge >= 0.3 is 0 Å². The van der Waals surface area contributed by atoms with Crippen LogP contribution in [0.1, 0.15) is 16.8 Å². The van der Waals surface area contributed by atoms with Crippen LogP contribution in [0.15, 0.2) is 24.3 Å². The van der Waals surface area contributed by atoms with Crippen LogP contribution >= 0.6 is 0 Å². The second-order valence-electron chi connectivity index (χ2n) is 5.42. The van der Waals surface area contributed by atoms with Crippen LogP contribution < -0.4 is 10.6 Å². The summed E-state index contributed by atoms with van der Waals surface area (Å²) in [4.78, 5) is 16.8. The SMILES string of the molecule is N[C@H]1CCN(C(=O)c2ccccc2N2CCOCC2)C1. The van der Waals surface area contributed by atoms with Crippen molar-refractivity contribution in [2.45, 2.75) is 12.5 Å². The van der Waals surface area contributed by atoms with Crippen LogP contribution in [0.4, 0.5) is 5.69 Å². The minimum atomic E-state index is 0.0973. The van der Waals surface area contributed by atoms with E-state index in [1.165, 1.54) is 0 Å². The molecule has 108 valence electrons. The summed E-state index contributed by atoms with van der Waals surface area (Å²) in [6.45, 7) is 4.54. The molecule has 1 aromatic carbocycles. The quantitative estimate of drug-likeness (QED) is 0.863. The first kappa shape index (κ1) is 13.4. The Labute approximate surface area is 119 Å². The number of anilines is 1. The number of para-hydroxylation sites is 1. The number of hydrogen-bond donors (Lipinski definition) is 1. The predicted molar refractivity (Wildman–Crippen MR) is 78.0 cm³/mol. The van der Waals surface area contributed by atoms with Crippen molar-refractivity contribution in [3.8, 4) is 0 Å². The number of benzene rings is 1. The second kappa shape index (κ2) is 5.81. The third-order valence-corrected chi connectivity index (χ3v) is 4.00. The predicted octanol–water partition coefficient (Wildman–Crippen LogP) is 0.696. The largest absolute Gasteiger partial charge is 0.378 e. The summed E-state index contributed by atoms with van der Waals surface area (Å²) < 4.78 is 5.38. The first-order valence-corrected chi connectivity index (χ1v) is 7.22. The van der Waals surface area contributed by atoms with Gasteiger partial charge in [0.05, 0.1) is 18.8 Å². The van der Waals surface area contributed by atoms with Crippen molar-refractivity contribution in [1.29, 1.82) is 0 Å². The number of likely N-dealkylation sites (tertiary alicyclic amines) is 1. The molecule has 0 saturated carbocycles. The van der Waals surface area contributed by atoms with Crippen LogP contribution in [-0.4, -0.2) is 56.2 Å². The van der Waals surface area contributed by atoms with Gasteiger partial charge in [0, 0.05) is 37.9 Å². The third-order valence-electron chi connectivity index (χ3n) is 4.00. The molecule has 0 radical (unpaired) electrons. The monoisotopic (exact) mass is 275 g/mol. The molecule has 5 nitrogen and oxygen atoms in total. The highest BCUT2D eigenvalue weighted by atomic mass is 16.5. The van der Waals surface area contributed by atoms with Crippen LogP contribution in [0.5, 0.6) is 0 Å². The van der Waals surface area contributed by atoms with Crippen molar-refractivity contribution in [2.75, 3.05) is 44.3 Å². The van der Waals surface area contributed by atoms with Crippen molar-refractivity contribution in [3.63, 3.8) is 0 Å². The van der Waals surface area contributed by atoms with Gasteiger partial charge < -0.3 is 20.3 Å². The number of nitrogens with zero attached hydrogens (tertiary/aromatic N) is 2. The molecule has 20 heavy (non-hydrogen) atoms. The van der Waals surface area contributed by atoms with Crippen LogP contribution in [0.2, 0.25) is 0 Å². The first-order chi connectivity index (χ1) is 9.75. The summed E-state index contributed by atoms with van der Waals surface area (Å²) in [5.41, 5.74) is 7.70. The highest BCUT2D eigenvalue weighted by Gasteiger charge is 2.27. The summed E-state index contributed by atoms with van der Waals surface area (Å²) in [6.07, 6.45) is 0.894. The molecule has 1 atom stereocenters. The van der Waals surface area contributed by atoms with Gasteiger partial charge in [-0.15, -0.1) is 0 Å². The minimum absolute atomic E-state index is 0.0973. The number of carbonyl (C=O) groups is 1. The van der Waals surface area contributed by atoms with Gasteiger partial charge in [-0.3, -0.25) is 4.79 Å². The molecule has 2 aliphatic heterocycles. The Kier molecular flexibility index (Phi) is 3.89. The number of carbonyl (C=O) groups excluding carboxylic acids is 1. The fourth-order valence-electron chi connectivity index (χ4n) is 2.88. The Balaban J connectivity index is 1.83. The van der Waals surface area contributed by atoms with E-state index in [2.05, 4.69) is 4.90 Å². The van der Waals surface area contributed by atoms with E-state index in [9.17, 15) is 4.79 Å². The van der Waals surface area contributed by atoms with Crippen molar-refractivity contribution in [2.24, 2.45) is 5.73 Å². The molecule has 0 bridgehead atoms. The molecule has 0 spiro atoms. The Morgan fingerprint density at radius 1 is 1.20 bits per heavy atom. The molecule has 5 heteroatoms. The highest BCUT2D eigenvalue weighted by Crippen LogP contribution is 2.24. The van der Waals surface area contributed by atoms with Gasteiger partial charge in [0.25, 0.3) is 5.91 Å². The molecule has 0 unspecified atom stereocenters. The molecule has 2 aliphatic rings. The van der Waals surface area contributed by atoms with Gasteiger partial charge in [0.1, 0.15) is 0 Å². The number of hydrogen-bond acceptors (Lipinski definition) is 4. The highest BCUT2D eigenvalue weighted by molar-refractivity contribution is 6.00. The molecule has 0 aliphatic carbocycles. The maximum absolute atomic E-state index is 12.7. The molecule has 3 rings (SSSR count). The Bertz CT molecular complexity index is 486. The van der Waals surface area contributed by atoms with E-state index in [1.54, 1.807) is 0 Å². The lowest BCUT2D eigenvalue weighted by Crippen LogP contribution is -2.38. The lowest BCUT2D eigenvalue weighted by atomic mass is 10.1. The normalized spacial score (nSPS) is 23.1. The van der Waals surface area contributed by atoms with E-state index in [1.807, 2.05) is 29.2 Å². The topological polar surface area (TPSA) is 58.8 Å². The van der Waals surface area contributed by atoms with Crippen LogP contribution in [0.25, 0.3) is 0 Å². The van der Waals surface area contributed by atoms with Gasteiger partial charge in [0.15, 0.2) is 0 Å². The summed E-state index contributed by atoms with van der Waals surface area (Å²) in [6, 6.07) is 7.96. The molecule has 1 amide bonds. The van der Waals surface area contributed by atoms with Gasteiger partial charge in [-0.25, -0.2) is 0 Å². The molecule has 0 aromatic heterocycles. The summed E-state index contributed by atoms with van der Waals surface area (Å²) in [7, 11) is 0. The molecular formula is C15H21N3O2. The smallest absolute Gasteiger partial charge is 0.256 e. The average Bonchev–Trinajstić information content (AvgIpc) is 2.94. The van der Waals surface area contributed by atoms with Gasteiger partial charge in [-0.2, -0.15) is 0 Å². The Hall–Kier alpha value is -1.59. The molecule has 1 aromatic rings. The maximum Gasteiger partial charge on any atom is 0.256 e. The van der Waals surface area contributed by atoms with E-state index < -0.39 is 0 Å². The maximum atomic E-state index is 12.7. The number of rotatable bonds is 2. The van der Waals surface area contributed by atoms with E-state index in [4.69, 9.17) is 10.5 Å². The second-order valence-corrected chi connectivity index (χ2v) is 5.42. The summed E-state index contributed by atoms with van der Waals surface area (Å²) >= 11 is 0. The fourth-order valence-corrected chi connectivity index (χ4v) is 2.88. The molecule has 2 fully saturated rings. The number of nitrogens with two attached hydrogens (primary N) is 1. The number of ether oxygens (including phenoxy) is 1. The Morgan fingerprint density at radius 2 is 1.95 bits per heavy atom. The van der Waals surface area contributed by atoms with Crippen molar-refractivity contribution in [1.82, 2.24) is 4.90 Å². The first-order valence-electron chi connectivity index (χ1n) is 7.22. The van der Waals surface area contributed by atoms with E-state index in [-0.39, 0.29) is 11.9 Å². The molecule has 2 heterocycles. The van der Waals surface area contributed by atoms with Crippen molar-refractivity contribution >= 4 is 11.6 Å². The van der Waals surface area contributed by atoms with Crippen molar-refractivity contribution in [3.05, 3.63) is 29.8 Å². The molecular weight excluding hydrogens is 254 g/mol.